The standard InChI is InChI=1S/C60H62B2F4N4O4/c1-9-41-45(13-5)57(49(71)33-51(73-61(63)64)59-47(15-7)43(11-3)53(69-59)36-23-19-17-20-24-36)67-55(41)38-29-27-35-28-30-39(32-40(35)31-38)56-42(10-2)46(14-6)58(68-56)50(72)34-52(74-62(65)66)60-48(16-8)44(12-4)54(70-60)37-25-21-18-22-26-37/h17-34,67-70H,9-16H2,1-8H3/b51-33-,52-34-. The summed E-state index contributed by atoms with van der Waals surface area (Å²) < 4.78 is 67.3. The van der Waals surface area contributed by atoms with Crippen molar-refractivity contribution < 1.29 is 36.2 Å². The van der Waals surface area contributed by atoms with Gasteiger partial charge in [-0.1, -0.05) is 140 Å². The largest absolute Gasteiger partial charge is 0.796 e. The van der Waals surface area contributed by atoms with Gasteiger partial charge in [0.1, 0.15) is 11.5 Å². The maximum absolute atomic E-state index is 14.5. The van der Waals surface area contributed by atoms with E-state index in [0.29, 0.717) is 74.1 Å². The van der Waals surface area contributed by atoms with E-state index < -0.39 is 26.5 Å². The lowest BCUT2D eigenvalue weighted by Gasteiger charge is -2.10. The molecule has 0 bridgehead atoms. The molecule has 14 heteroatoms. The predicted octanol–water partition coefficient (Wildman–Crippen LogP) is 15.6. The van der Waals surface area contributed by atoms with E-state index >= 15 is 0 Å². The van der Waals surface area contributed by atoms with Gasteiger partial charge in [-0.15, -0.1) is 0 Å². The first-order valence-corrected chi connectivity index (χ1v) is 25.8. The molecule has 4 N–H and O–H groups in total. The summed E-state index contributed by atoms with van der Waals surface area (Å²) >= 11 is 0. The van der Waals surface area contributed by atoms with Crippen LogP contribution in [-0.4, -0.2) is 46.4 Å². The molecule has 0 radical (unpaired) electrons. The van der Waals surface area contributed by atoms with E-state index in [9.17, 15) is 26.9 Å². The normalized spacial score (nSPS) is 11.9. The topological polar surface area (TPSA) is 116 Å². The van der Waals surface area contributed by atoms with Crippen molar-refractivity contribution in [3.05, 3.63) is 176 Å². The second-order valence-electron chi connectivity index (χ2n) is 18.2. The summed E-state index contributed by atoms with van der Waals surface area (Å²) in [6, 6.07) is 31.4. The molecule has 4 aromatic carbocycles. The van der Waals surface area contributed by atoms with Crippen LogP contribution in [0.2, 0.25) is 0 Å². The molecule has 0 aliphatic heterocycles. The van der Waals surface area contributed by atoms with Crippen LogP contribution in [0.1, 0.15) is 132 Å². The number of rotatable bonds is 22. The molecule has 0 unspecified atom stereocenters. The smallest absolute Gasteiger partial charge is 0.503 e. The van der Waals surface area contributed by atoms with Crippen LogP contribution in [0.3, 0.4) is 0 Å². The maximum atomic E-state index is 14.5. The lowest BCUT2D eigenvalue weighted by molar-refractivity contribution is 0.103. The number of halogens is 4. The molecule has 380 valence electrons. The van der Waals surface area contributed by atoms with Gasteiger partial charge in [0.25, 0.3) is 0 Å². The third kappa shape index (κ3) is 10.4. The van der Waals surface area contributed by atoms with E-state index in [2.05, 4.69) is 32.1 Å². The van der Waals surface area contributed by atoms with Gasteiger partial charge in [0.15, 0.2) is 0 Å². The molecular formula is C60H62B2F4N4O4. The van der Waals surface area contributed by atoms with E-state index in [1.807, 2.05) is 140 Å². The number of hydrogen-bond acceptors (Lipinski definition) is 4. The lowest BCUT2D eigenvalue weighted by atomic mass is 9.95. The minimum absolute atomic E-state index is 0.229. The van der Waals surface area contributed by atoms with Crippen molar-refractivity contribution >= 4 is 48.8 Å². The summed E-state index contributed by atoms with van der Waals surface area (Å²) in [5.41, 5.74) is 14.9. The van der Waals surface area contributed by atoms with E-state index in [4.69, 9.17) is 9.31 Å². The van der Waals surface area contributed by atoms with Crippen LogP contribution in [0.5, 0.6) is 0 Å². The SMILES string of the molecule is CCc1c(C(=O)/C=C(\OB(F)F)c2[nH]c(-c3ccccc3)c(CC)c2CC)[nH]c(-c2ccc3ccc(-c4[nH]c(C(=O)/C=C(\OB(F)F)c5[nH]c(-c6ccccc6)c(CC)c5CC)c(CC)c4CC)cc3c2)c1CC. The second kappa shape index (κ2) is 23.2. The van der Waals surface area contributed by atoms with Gasteiger partial charge in [-0.05, 0) is 141 Å². The number of H-pyrrole nitrogens is 4. The number of hydrogen-bond donors (Lipinski definition) is 4. The van der Waals surface area contributed by atoms with Crippen molar-refractivity contribution in [1.82, 2.24) is 19.9 Å². The lowest BCUT2D eigenvalue weighted by Crippen LogP contribution is -2.09. The van der Waals surface area contributed by atoms with Gasteiger partial charge in [0, 0.05) is 34.9 Å². The minimum Gasteiger partial charge on any atom is -0.503 e. The fourth-order valence-electron chi connectivity index (χ4n) is 10.9. The summed E-state index contributed by atoms with van der Waals surface area (Å²) in [5, 5.41) is 1.85. The molecule has 0 saturated carbocycles. The predicted molar refractivity (Wildman–Crippen MR) is 294 cm³/mol. The molecule has 0 amide bonds. The zero-order valence-corrected chi connectivity index (χ0v) is 43.3. The number of carbonyl (C=O) groups excluding carboxylic acids is 2. The molecule has 8 rings (SSSR count). The van der Waals surface area contributed by atoms with Gasteiger partial charge in [-0.3, -0.25) is 9.59 Å². The van der Waals surface area contributed by atoms with Crippen LogP contribution >= 0.6 is 0 Å². The van der Waals surface area contributed by atoms with Crippen LogP contribution in [0.25, 0.3) is 67.3 Å². The average molecular weight is 1000 g/mol. The highest BCUT2D eigenvalue weighted by atomic mass is 19.2. The quantitative estimate of drug-likeness (QED) is 0.0178. The Morgan fingerprint density at radius 3 is 1.00 bits per heavy atom. The van der Waals surface area contributed by atoms with Crippen molar-refractivity contribution in [3.63, 3.8) is 0 Å². The second-order valence-corrected chi connectivity index (χ2v) is 18.2. The Labute approximate surface area is 431 Å². The van der Waals surface area contributed by atoms with E-state index in [-0.39, 0.29) is 11.5 Å². The van der Waals surface area contributed by atoms with Gasteiger partial charge >= 0.3 is 14.9 Å². The number of aromatic amines is 4. The molecule has 0 aliphatic carbocycles. The van der Waals surface area contributed by atoms with Crippen molar-refractivity contribution in [2.24, 2.45) is 0 Å². The number of fused-ring (bicyclic) bond motifs is 1. The number of benzene rings is 4. The Bertz CT molecular complexity index is 3170. The number of carbonyl (C=O) groups is 2. The molecule has 0 atom stereocenters. The fourth-order valence-corrected chi connectivity index (χ4v) is 10.9. The molecule has 0 saturated heterocycles. The van der Waals surface area contributed by atoms with Crippen LogP contribution in [-0.2, 0) is 60.7 Å². The molecular weight excluding hydrogens is 938 g/mol. The van der Waals surface area contributed by atoms with Crippen molar-refractivity contribution in [2.75, 3.05) is 0 Å². The zero-order chi connectivity index (χ0) is 52.8. The zero-order valence-electron chi connectivity index (χ0n) is 43.3. The van der Waals surface area contributed by atoms with E-state index in [0.717, 1.165) is 100 Å². The number of nitrogens with one attached hydrogen (secondary N) is 4. The first kappa shape index (κ1) is 52.8. The van der Waals surface area contributed by atoms with Crippen molar-refractivity contribution in [3.8, 4) is 45.0 Å². The number of aromatic nitrogens is 4. The molecule has 0 spiro atoms. The highest BCUT2D eigenvalue weighted by Gasteiger charge is 2.30. The van der Waals surface area contributed by atoms with Crippen LogP contribution in [0.4, 0.5) is 17.3 Å². The van der Waals surface area contributed by atoms with Crippen LogP contribution in [0, 0.1) is 0 Å². The first-order chi connectivity index (χ1) is 35.8. The Morgan fingerprint density at radius 1 is 0.392 bits per heavy atom. The Hall–Kier alpha value is -7.47. The molecule has 8 nitrogen and oxygen atoms in total. The summed E-state index contributed by atoms with van der Waals surface area (Å²) in [6.07, 6.45) is 6.90. The number of allylic oxidation sites excluding steroid dienone is 2. The van der Waals surface area contributed by atoms with E-state index in [1.165, 1.54) is 12.2 Å². The van der Waals surface area contributed by atoms with Gasteiger partial charge in [0.2, 0.25) is 11.6 Å². The Kier molecular flexibility index (Phi) is 16.5. The highest BCUT2D eigenvalue weighted by molar-refractivity contribution is 6.36. The Morgan fingerprint density at radius 2 is 0.689 bits per heavy atom. The van der Waals surface area contributed by atoms with Crippen LogP contribution in [0.15, 0.2) is 109 Å². The molecule has 0 fully saturated rings. The number of ketones is 2. The third-order valence-electron chi connectivity index (χ3n) is 14.2. The molecule has 4 aromatic heterocycles. The minimum atomic E-state index is -3.17. The average Bonchev–Trinajstić information content (AvgIpc) is 4.20. The Balaban J connectivity index is 1.18. The summed E-state index contributed by atoms with van der Waals surface area (Å²) in [5.74, 6) is -1.44. The molecule has 74 heavy (non-hydrogen) atoms. The van der Waals surface area contributed by atoms with Crippen molar-refractivity contribution in [2.45, 2.75) is 107 Å². The van der Waals surface area contributed by atoms with Gasteiger partial charge in [-0.25, -0.2) is 17.3 Å². The maximum Gasteiger partial charge on any atom is 0.796 e. The van der Waals surface area contributed by atoms with Gasteiger partial charge in [0.05, 0.1) is 22.8 Å². The summed E-state index contributed by atoms with van der Waals surface area (Å²) in [4.78, 5) is 42.5. The van der Waals surface area contributed by atoms with Gasteiger partial charge < -0.3 is 29.2 Å². The first-order valence-electron chi connectivity index (χ1n) is 25.8. The molecule has 4 heterocycles. The van der Waals surface area contributed by atoms with Gasteiger partial charge in [-0.2, -0.15) is 0 Å². The summed E-state index contributed by atoms with van der Waals surface area (Å²) in [6.45, 7) is 15.9. The molecule has 0 aliphatic rings. The summed E-state index contributed by atoms with van der Waals surface area (Å²) in [7, 11) is -6.34. The highest BCUT2D eigenvalue weighted by Crippen LogP contribution is 2.39. The molecule has 8 aromatic rings. The fraction of sp³-hybridized carbons (Fsp3) is 0.267. The third-order valence-corrected chi connectivity index (χ3v) is 14.2. The van der Waals surface area contributed by atoms with E-state index in [1.54, 1.807) is 0 Å². The van der Waals surface area contributed by atoms with Crippen LogP contribution < -0.4 is 0 Å². The monoisotopic (exact) mass is 1000 g/mol. The van der Waals surface area contributed by atoms with Crippen molar-refractivity contribution in [1.29, 1.82) is 0 Å².